The molecule has 72 valence electrons. The lowest BCUT2D eigenvalue weighted by Gasteiger charge is -1.95. The molecule has 0 saturated heterocycles. The highest BCUT2D eigenvalue weighted by molar-refractivity contribution is 14.1. The number of nitrogens with zero attached hydrogens (tertiary/aromatic N) is 1. The largest absolute Gasteiger partial charge is 0.435 e. The summed E-state index contributed by atoms with van der Waals surface area (Å²) in [6, 6.07) is 7.55. The van der Waals surface area contributed by atoms with E-state index in [0.29, 0.717) is 5.89 Å². The van der Waals surface area contributed by atoms with Gasteiger partial charge in [-0.3, -0.25) is 0 Å². The van der Waals surface area contributed by atoms with Gasteiger partial charge in [-0.25, -0.2) is 4.98 Å². The number of hydrogen-bond acceptors (Lipinski definition) is 2. The second-order valence-corrected chi connectivity index (χ2v) is 4.28. The molecule has 2 rings (SSSR count). The summed E-state index contributed by atoms with van der Waals surface area (Å²) in [6.45, 7) is 1.83. The van der Waals surface area contributed by atoms with Gasteiger partial charge in [-0.15, -0.1) is 0 Å². The van der Waals surface area contributed by atoms with Crippen molar-refractivity contribution in [3.05, 3.63) is 38.9 Å². The van der Waals surface area contributed by atoms with E-state index >= 15 is 0 Å². The molecular formula is C10H7ClINO. The van der Waals surface area contributed by atoms with Gasteiger partial charge in [0, 0.05) is 40.1 Å². The van der Waals surface area contributed by atoms with E-state index in [1.807, 2.05) is 31.2 Å². The van der Waals surface area contributed by atoms with Gasteiger partial charge in [0.05, 0.1) is 0 Å². The molecule has 0 atom stereocenters. The summed E-state index contributed by atoms with van der Waals surface area (Å²) in [5.41, 5.74) is 1.90. The average Bonchev–Trinajstić information content (AvgIpc) is 2.47. The van der Waals surface area contributed by atoms with Crippen molar-refractivity contribution < 1.29 is 4.42 Å². The van der Waals surface area contributed by atoms with E-state index in [1.165, 1.54) is 0 Å². The lowest BCUT2D eigenvalue weighted by Crippen LogP contribution is -1.79. The van der Waals surface area contributed by atoms with E-state index in [0.717, 1.165) is 20.0 Å². The van der Waals surface area contributed by atoms with Gasteiger partial charge in [-0.1, -0.05) is 23.7 Å². The smallest absolute Gasteiger partial charge is 0.193 e. The van der Waals surface area contributed by atoms with Crippen molar-refractivity contribution >= 4 is 34.2 Å². The van der Waals surface area contributed by atoms with Gasteiger partial charge in [-0.05, 0) is 12.1 Å². The van der Waals surface area contributed by atoms with Gasteiger partial charge in [0.25, 0.3) is 0 Å². The third-order valence-corrected chi connectivity index (χ3v) is 2.79. The van der Waals surface area contributed by atoms with Crippen LogP contribution in [0, 0.1) is 10.7 Å². The maximum Gasteiger partial charge on any atom is 0.193 e. The monoisotopic (exact) mass is 319 g/mol. The average molecular weight is 320 g/mol. The molecule has 0 bridgehead atoms. The lowest BCUT2D eigenvalue weighted by atomic mass is 10.2. The Morgan fingerprint density at radius 3 is 2.43 bits per heavy atom. The molecule has 0 radical (unpaired) electrons. The molecular weight excluding hydrogens is 312 g/mol. The molecule has 0 N–H and O–H groups in total. The van der Waals surface area contributed by atoms with Gasteiger partial charge >= 0.3 is 0 Å². The summed E-state index contributed by atoms with van der Waals surface area (Å²) >= 11 is 7.93. The molecule has 2 aromatic rings. The minimum absolute atomic E-state index is 0.680. The number of hydrogen-bond donors (Lipinski definition) is 0. The van der Waals surface area contributed by atoms with Crippen molar-refractivity contribution in [3.63, 3.8) is 0 Å². The van der Waals surface area contributed by atoms with E-state index in [-0.39, 0.29) is 0 Å². The van der Waals surface area contributed by atoms with E-state index in [1.54, 1.807) is 0 Å². The predicted molar refractivity (Wildman–Crippen MR) is 64.4 cm³/mol. The number of aryl methyl sites for hydroxylation is 1. The van der Waals surface area contributed by atoms with Crippen LogP contribution in [0.4, 0.5) is 0 Å². The fourth-order valence-corrected chi connectivity index (χ4v) is 2.06. The van der Waals surface area contributed by atoms with Crippen LogP contribution in [-0.4, -0.2) is 4.98 Å². The van der Waals surface area contributed by atoms with Crippen LogP contribution in [0.3, 0.4) is 0 Å². The summed E-state index contributed by atoms with van der Waals surface area (Å²) in [5.74, 6) is 0.680. The minimum atomic E-state index is 0.680. The molecule has 0 aliphatic heterocycles. The molecule has 2 nitrogen and oxygen atoms in total. The fraction of sp³-hybridized carbons (Fsp3) is 0.100. The van der Waals surface area contributed by atoms with Crippen molar-refractivity contribution in [2.75, 3.05) is 0 Å². The molecule has 1 heterocycles. The maximum atomic E-state index is 5.80. The van der Waals surface area contributed by atoms with Crippen molar-refractivity contribution in [2.45, 2.75) is 6.92 Å². The second-order valence-electron chi connectivity index (χ2n) is 2.86. The Bertz CT molecular complexity index is 450. The topological polar surface area (TPSA) is 26.0 Å². The molecule has 1 aromatic carbocycles. The zero-order valence-electron chi connectivity index (χ0n) is 7.42. The first-order valence-electron chi connectivity index (χ1n) is 4.05. The van der Waals surface area contributed by atoms with Crippen LogP contribution in [-0.2, 0) is 0 Å². The summed E-state index contributed by atoms with van der Waals surface area (Å²) in [6.07, 6.45) is 0. The summed E-state index contributed by atoms with van der Waals surface area (Å²) in [7, 11) is 0. The SMILES string of the molecule is Cc1nc(-c2ccc(Cl)cc2)c(I)o1. The zero-order valence-corrected chi connectivity index (χ0v) is 10.3. The van der Waals surface area contributed by atoms with Crippen LogP contribution < -0.4 is 0 Å². The number of oxazole rings is 1. The molecule has 0 aliphatic carbocycles. The third-order valence-electron chi connectivity index (χ3n) is 1.81. The molecule has 0 spiro atoms. The van der Waals surface area contributed by atoms with Crippen molar-refractivity contribution in [2.24, 2.45) is 0 Å². The van der Waals surface area contributed by atoms with Crippen LogP contribution >= 0.6 is 34.2 Å². The number of aromatic nitrogens is 1. The Balaban J connectivity index is 2.49. The highest BCUT2D eigenvalue weighted by atomic mass is 127. The Morgan fingerprint density at radius 1 is 1.29 bits per heavy atom. The fourth-order valence-electron chi connectivity index (χ4n) is 1.19. The predicted octanol–water partition coefficient (Wildman–Crippen LogP) is 3.91. The van der Waals surface area contributed by atoms with Crippen molar-refractivity contribution in [3.8, 4) is 11.3 Å². The van der Waals surface area contributed by atoms with Crippen molar-refractivity contribution in [1.82, 2.24) is 4.98 Å². The van der Waals surface area contributed by atoms with Crippen molar-refractivity contribution in [1.29, 1.82) is 0 Å². The highest BCUT2D eigenvalue weighted by Gasteiger charge is 2.09. The Kier molecular flexibility index (Phi) is 2.78. The first kappa shape index (κ1) is 9.98. The molecule has 0 aliphatic rings. The second kappa shape index (κ2) is 3.90. The van der Waals surface area contributed by atoms with Crippen LogP contribution in [0.5, 0.6) is 0 Å². The molecule has 1 aromatic heterocycles. The standard InChI is InChI=1S/C10H7ClINO/c1-6-13-9(10(12)14-6)7-2-4-8(11)5-3-7/h2-5H,1H3. The molecule has 14 heavy (non-hydrogen) atoms. The zero-order chi connectivity index (χ0) is 10.1. The summed E-state index contributed by atoms with van der Waals surface area (Å²) in [5, 5.41) is 0.726. The summed E-state index contributed by atoms with van der Waals surface area (Å²) in [4.78, 5) is 4.29. The van der Waals surface area contributed by atoms with E-state index < -0.39 is 0 Å². The Labute approximate surface area is 100 Å². The summed E-state index contributed by atoms with van der Waals surface area (Å²) < 4.78 is 6.15. The van der Waals surface area contributed by atoms with Gasteiger partial charge in [0.1, 0.15) is 5.69 Å². The van der Waals surface area contributed by atoms with Gasteiger partial charge in [-0.2, -0.15) is 0 Å². The van der Waals surface area contributed by atoms with Gasteiger partial charge < -0.3 is 4.42 Å². The molecule has 4 heteroatoms. The highest BCUT2D eigenvalue weighted by Crippen LogP contribution is 2.26. The number of benzene rings is 1. The molecule has 0 saturated carbocycles. The lowest BCUT2D eigenvalue weighted by molar-refractivity contribution is 0.497. The molecule has 0 unspecified atom stereocenters. The third kappa shape index (κ3) is 1.93. The first-order valence-corrected chi connectivity index (χ1v) is 5.51. The normalized spacial score (nSPS) is 10.5. The Morgan fingerprint density at radius 2 is 1.93 bits per heavy atom. The van der Waals surface area contributed by atoms with E-state index in [9.17, 15) is 0 Å². The van der Waals surface area contributed by atoms with Crippen LogP contribution in [0.25, 0.3) is 11.3 Å². The van der Waals surface area contributed by atoms with E-state index in [4.69, 9.17) is 16.0 Å². The maximum absolute atomic E-state index is 5.80. The number of rotatable bonds is 1. The molecule has 0 fully saturated rings. The quantitative estimate of drug-likeness (QED) is 0.745. The van der Waals surface area contributed by atoms with Gasteiger partial charge in [0.2, 0.25) is 0 Å². The van der Waals surface area contributed by atoms with E-state index in [2.05, 4.69) is 27.6 Å². The van der Waals surface area contributed by atoms with Crippen LogP contribution in [0.2, 0.25) is 5.02 Å². The minimum Gasteiger partial charge on any atom is -0.435 e. The Hall–Kier alpha value is -0.550. The van der Waals surface area contributed by atoms with Crippen LogP contribution in [0.15, 0.2) is 28.7 Å². The first-order chi connectivity index (χ1) is 6.66. The number of halogens is 2. The molecule has 0 amide bonds. The van der Waals surface area contributed by atoms with Crippen LogP contribution in [0.1, 0.15) is 5.89 Å². The van der Waals surface area contributed by atoms with Gasteiger partial charge in [0.15, 0.2) is 9.66 Å².